The Morgan fingerprint density at radius 2 is 1.96 bits per heavy atom. The summed E-state index contributed by atoms with van der Waals surface area (Å²) in [5.41, 5.74) is 0.783. The molecular formula is C16H19NO5S3. The number of hydrogen-bond donors (Lipinski definition) is 0. The highest BCUT2D eigenvalue weighted by atomic mass is 32.2. The first kappa shape index (κ1) is 18.4. The lowest BCUT2D eigenvalue weighted by Crippen LogP contribution is -2.40. The number of nitrogens with zero attached hydrogens (tertiary/aromatic N) is 1. The van der Waals surface area contributed by atoms with Crippen LogP contribution in [0.2, 0.25) is 0 Å². The Hall–Kier alpha value is -1.42. The molecule has 6 nitrogen and oxygen atoms in total. The number of sulfone groups is 1. The van der Waals surface area contributed by atoms with Gasteiger partial charge >= 0.3 is 0 Å². The minimum absolute atomic E-state index is 0.0245. The Balaban J connectivity index is 1.94. The maximum absolute atomic E-state index is 13.0. The van der Waals surface area contributed by atoms with Crippen molar-refractivity contribution in [3.8, 4) is 5.75 Å². The van der Waals surface area contributed by atoms with E-state index in [9.17, 15) is 16.8 Å². The van der Waals surface area contributed by atoms with Gasteiger partial charge in [-0.25, -0.2) is 16.8 Å². The number of rotatable bonds is 6. The summed E-state index contributed by atoms with van der Waals surface area (Å²) in [5.74, 6) is 0.574. The van der Waals surface area contributed by atoms with Gasteiger partial charge in [-0.15, -0.1) is 11.3 Å². The summed E-state index contributed by atoms with van der Waals surface area (Å²) < 4.78 is 56.5. The van der Waals surface area contributed by atoms with Crippen LogP contribution in [0.5, 0.6) is 5.75 Å². The Morgan fingerprint density at radius 1 is 1.24 bits per heavy atom. The van der Waals surface area contributed by atoms with Crippen molar-refractivity contribution >= 4 is 31.2 Å². The Bertz CT molecular complexity index is 919. The molecule has 0 amide bonds. The summed E-state index contributed by atoms with van der Waals surface area (Å²) in [5, 5.41) is 1.70. The standard InChI is InChI=1S/C16H19NO5S3/c1-22-15-6-4-13(5-7-15)11-17(14-8-10-24(18,19)12-14)25(20,21)16-3-2-9-23-16/h2-7,9,14H,8,10-12H2,1H3. The molecule has 3 rings (SSSR count). The van der Waals surface area contributed by atoms with Gasteiger partial charge in [-0.2, -0.15) is 4.31 Å². The lowest BCUT2D eigenvalue weighted by molar-refractivity contribution is 0.335. The van der Waals surface area contributed by atoms with Crippen molar-refractivity contribution in [2.75, 3.05) is 18.6 Å². The summed E-state index contributed by atoms with van der Waals surface area (Å²) in [6, 6.07) is 9.78. The molecule has 25 heavy (non-hydrogen) atoms. The van der Waals surface area contributed by atoms with Crippen LogP contribution in [0, 0.1) is 0 Å². The van der Waals surface area contributed by atoms with Gasteiger partial charge in [0.05, 0.1) is 18.6 Å². The van der Waals surface area contributed by atoms with E-state index in [1.165, 1.54) is 4.31 Å². The van der Waals surface area contributed by atoms with E-state index < -0.39 is 25.9 Å². The van der Waals surface area contributed by atoms with Gasteiger partial charge in [-0.3, -0.25) is 0 Å². The second-order valence-corrected chi connectivity index (χ2v) is 11.2. The number of ether oxygens (including phenoxy) is 1. The maximum atomic E-state index is 13.0. The average Bonchev–Trinajstić information content (AvgIpc) is 3.23. The molecule has 0 radical (unpaired) electrons. The van der Waals surface area contributed by atoms with Crippen molar-refractivity contribution in [1.82, 2.24) is 4.31 Å². The zero-order valence-corrected chi connectivity index (χ0v) is 16.1. The number of methoxy groups -OCH3 is 1. The van der Waals surface area contributed by atoms with Crippen LogP contribution in [-0.4, -0.2) is 45.8 Å². The third-order valence-electron chi connectivity index (χ3n) is 4.17. The van der Waals surface area contributed by atoms with E-state index in [4.69, 9.17) is 4.74 Å². The Labute approximate surface area is 152 Å². The third kappa shape index (κ3) is 4.05. The predicted molar refractivity (Wildman–Crippen MR) is 97.1 cm³/mol. The minimum Gasteiger partial charge on any atom is -0.497 e. The maximum Gasteiger partial charge on any atom is 0.253 e. The molecule has 1 saturated heterocycles. The highest BCUT2D eigenvalue weighted by molar-refractivity contribution is 7.92. The van der Waals surface area contributed by atoms with Crippen LogP contribution in [0.15, 0.2) is 46.0 Å². The van der Waals surface area contributed by atoms with Crippen molar-refractivity contribution in [2.24, 2.45) is 0 Å². The van der Waals surface area contributed by atoms with Gasteiger partial charge in [-0.1, -0.05) is 18.2 Å². The molecule has 0 N–H and O–H groups in total. The number of hydrogen-bond acceptors (Lipinski definition) is 6. The molecule has 0 saturated carbocycles. The average molecular weight is 402 g/mol. The van der Waals surface area contributed by atoms with Gasteiger partial charge in [0.25, 0.3) is 10.0 Å². The largest absolute Gasteiger partial charge is 0.497 e. The van der Waals surface area contributed by atoms with Gasteiger partial charge in [0.1, 0.15) is 9.96 Å². The monoisotopic (exact) mass is 401 g/mol. The van der Waals surface area contributed by atoms with Gasteiger partial charge in [0, 0.05) is 12.6 Å². The van der Waals surface area contributed by atoms with E-state index in [1.807, 2.05) is 0 Å². The summed E-state index contributed by atoms with van der Waals surface area (Å²) >= 11 is 1.13. The van der Waals surface area contributed by atoms with E-state index in [1.54, 1.807) is 48.9 Å². The number of thiophene rings is 1. The first-order valence-electron chi connectivity index (χ1n) is 7.70. The highest BCUT2D eigenvalue weighted by Gasteiger charge is 2.39. The van der Waals surface area contributed by atoms with E-state index in [-0.39, 0.29) is 22.3 Å². The molecule has 0 aliphatic carbocycles. The van der Waals surface area contributed by atoms with Gasteiger partial charge < -0.3 is 4.74 Å². The highest BCUT2D eigenvalue weighted by Crippen LogP contribution is 2.29. The first-order chi connectivity index (χ1) is 11.8. The van der Waals surface area contributed by atoms with Crippen LogP contribution < -0.4 is 4.74 Å². The van der Waals surface area contributed by atoms with Crippen molar-refractivity contribution in [2.45, 2.75) is 23.2 Å². The first-order valence-corrected chi connectivity index (χ1v) is 11.8. The molecule has 1 fully saturated rings. The lowest BCUT2D eigenvalue weighted by atomic mass is 10.2. The molecule has 1 aliphatic heterocycles. The molecule has 1 unspecified atom stereocenters. The summed E-state index contributed by atoms with van der Waals surface area (Å²) in [6.45, 7) is 0.129. The van der Waals surface area contributed by atoms with E-state index in [0.717, 1.165) is 16.9 Å². The second-order valence-electron chi connectivity index (χ2n) is 5.89. The molecule has 1 aliphatic rings. The van der Waals surface area contributed by atoms with Crippen LogP contribution in [0.3, 0.4) is 0 Å². The molecule has 1 aromatic heterocycles. The van der Waals surface area contributed by atoms with Gasteiger partial charge in [0.15, 0.2) is 9.84 Å². The zero-order chi connectivity index (χ0) is 18.1. The summed E-state index contributed by atoms with van der Waals surface area (Å²) in [6.07, 6.45) is 0.323. The molecule has 2 aromatic rings. The lowest BCUT2D eigenvalue weighted by Gasteiger charge is -2.27. The molecule has 0 spiro atoms. The van der Waals surface area contributed by atoms with Gasteiger partial charge in [-0.05, 0) is 35.6 Å². The molecule has 9 heteroatoms. The smallest absolute Gasteiger partial charge is 0.253 e. The molecule has 136 valence electrons. The fourth-order valence-electron chi connectivity index (χ4n) is 2.85. The van der Waals surface area contributed by atoms with Crippen molar-refractivity contribution in [3.63, 3.8) is 0 Å². The second kappa shape index (κ2) is 7.06. The van der Waals surface area contributed by atoms with Gasteiger partial charge in [0.2, 0.25) is 0 Å². The SMILES string of the molecule is COc1ccc(CN(C2CCS(=O)(=O)C2)S(=O)(=O)c2cccs2)cc1. The van der Waals surface area contributed by atoms with Crippen molar-refractivity contribution in [3.05, 3.63) is 47.3 Å². The Kier molecular flexibility index (Phi) is 5.19. The van der Waals surface area contributed by atoms with Crippen molar-refractivity contribution in [1.29, 1.82) is 0 Å². The molecular weight excluding hydrogens is 382 g/mol. The van der Waals surface area contributed by atoms with Crippen molar-refractivity contribution < 1.29 is 21.6 Å². The summed E-state index contributed by atoms with van der Waals surface area (Å²) in [7, 11) is -5.38. The number of sulfonamides is 1. The fraction of sp³-hybridized carbons (Fsp3) is 0.375. The van der Waals surface area contributed by atoms with E-state index in [0.29, 0.717) is 12.2 Å². The summed E-state index contributed by atoms with van der Waals surface area (Å²) in [4.78, 5) is 0. The van der Waals surface area contributed by atoms with E-state index in [2.05, 4.69) is 0 Å². The topological polar surface area (TPSA) is 80.8 Å². The zero-order valence-electron chi connectivity index (χ0n) is 13.7. The minimum atomic E-state index is -3.75. The quantitative estimate of drug-likeness (QED) is 0.741. The molecule has 1 aromatic carbocycles. The van der Waals surface area contributed by atoms with Crippen LogP contribution in [-0.2, 0) is 26.4 Å². The van der Waals surface area contributed by atoms with E-state index >= 15 is 0 Å². The molecule has 1 atom stereocenters. The van der Waals surface area contributed by atoms with Crippen LogP contribution in [0.25, 0.3) is 0 Å². The molecule has 0 bridgehead atoms. The normalized spacial score (nSPS) is 20.0. The number of benzene rings is 1. The predicted octanol–water partition coefficient (Wildman–Crippen LogP) is 2.13. The van der Waals surface area contributed by atoms with Crippen LogP contribution in [0.4, 0.5) is 0 Å². The van der Waals surface area contributed by atoms with Crippen LogP contribution in [0.1, 0.15) is 12.0 Å². The fourth-order valence-corrected chi connectivity index (χ4v) is 7.44. The van der Waals surface area contributed by atoms with Crippen LogP contribution >= 0.6 is 11.3 Å². The third-order valence-corrected chi connectivity index (χ3v) is 9.19. The Morgan fingerprint density at radius 3 is 2.48 bits per heavy atom. The molecule has 2 heterocycles.